The fraction of sp³-hybridized carbons (Fsp3) is 0.176. The molecule has 2 aromatic rings. The Kier molecular flexibility index (Phi) is 8.56. The van der Waals surface area contributed by atoms with Crippen molar-refractivity contribution in [1.82, 2.24) is 10.6 Å². The molecule has 2 rings (SSSR count). The predicted octanol–water partition coefficient (Wildman–Crippen LogP) is 2.92. The highest BCUT2D eigenvalue weighted by Crippen LogP contribution is 2.14. The lowest BCUT2D eigenvalue weighted by Gasteiger charge is -2.13. The molecule has 0 saturated heterocycles. The number of hydrogen-bond donors (Lipinski definition) is 3. The zero-order valence-corrected chi connectivity index (χ0v) is 16.3. The van der Waals surface area contributed by atoms with Crippen LogP contribution in [0.2, 0.25) is 5.02 Å². The van der Waals surface area contributed by atoms with Crippen molar-refractivity contribution in [3.05, 3.63) is 70.2 Å². The molecular weight excluding hydrogens is 439 g/mol. The average Bonchev–Trinajstić information content (AvgIpc) is 2.56. The van der Waals surface area contributed by atoms with Crippen LogP contribution in [0.3, 0.4) is 0 Å². The monoisotopic (exact) mass is 458 g/mol. The molecule has 2 aromatic carbocycles. The molecule has 0 aliphatic rings. The van der Waals surface area contributed by atoms with Crippen molar-refractivity contribution < 1.29 is 4.79 Å². The molecule has 0 radical (unpaired) electrons. The minimum absolute atomic E-state index is 0. The number of amides is 1. The topological polar surface area (TPSA) is 79.5 Å². The highest BCUT2D eigenvalue weighted by Gasteiger charge is 2.04. The normalized spacial score (nSPS) is 10.7. The van der Waals surface area contributed by atoms with Crippen LogP contribution in [-0.4, -0.2) is 18.9 Å². The summed E-state index contributed by atoms with van der Waals surface area (Å²) in [7, 11) is 1.70. The van der Waals surface area contributed by atoms with Gasteiger partial charge in [-0.1, -0.05) is 41.9 Å². The van der Waals surface area contributed by atoms with E-state index in [0.29, 0.717) is 29.6 Å². The van der Waals surface area contributed by atoms with Crippen molar-refractivity contribution in [2.75, 3.05) is 7.05 Å². The van der Waals surface area contributed by atoms with Gasteiger partial charge in [0.15, 0.2) is 5.96 Å². The van der Waals surface area contributed by atoms with Gasteiger partial charge in [0.2, 0.25) is 5.91 Å². The van der Waals surface area contributed by atoms with Gasteiger partial charge in [-0.25, -0.2) is 0 Å². The van der Waals surface area contributed by atoms with E-state index in [2.05, 4.69) is 15.6 Å². The predicted molar refractivity (Wildman–Crippen MR) is 109 cm³/mol. The highest BCUT2D eigenvalue weighted by molar-refractivity contribution is 14.0. The largest absolute Gasteiger partial charge is 0.366 e. The molecule has 0 fully saturated rings. The number of carbonyl (C=O) groups excluding carboxylic acids is 1. The Morgan fingerprint density at radius 1 is 1.12 bits per heavy atom. The molecule has 0 heterocycles. The number of aliphatic imine (C=N–C) groups is 1. The molecule has 0 bridgehead atoms. The lowest BCUT2D eigenvalue weighted by Crippen LogP contribution is -2.36. The molecule has 0 atom stereocenters. The van der Waals surface area contributed by atoms with Gasteiger partial charge in [0.05, 0.1) is 0 Å². The van der Waals surface area contributed by atoms with Crippen molar-refractivity contribution in [2.24, 2.45) is 10.7 Å². The minimum Gasteiger partial charge on any atom is -0.366 e. The number of nitrogens with one attached hydrogen (secondary N) is 2. The van der Waals surface area contributed by atoms with Crippen LogP contribution in [0.5, 0.6) is 0 Å². The molecule has 0 aromatic heterocycles. The Morgan fingerprint density at radius 3 is 2.50 bits per heavy atom. The van der Waals surface area contributed by atoms with Gasteiger partial charge in [0.25, 0.3) is 0 Å². The summed E-state index contributed by atoms with van der Waals surface area (Å²) in [5.41, 5.74) is 7.71. The Labute approximate surface area is 163 Å². The molecule has 0 aliphatic heterocycles. The quantitative estimate of drug-likeness (QED) is 0.366. The molecule has 128 valence electrons. The fourth-order valence-electron chi connectivity index (χ4n) is 2.06. The van der Waals surface area contributed by atoms with Gasteiger partial charge in [-0.3, -0.25) is 9.79 Å². The summed E-state index contributed by atoms with van der Waals surface area (Å²) < 4.78 is 0. The van der Waals surface area contributed by atoms with E-state index in [0.717, 1.165) is 11.1 Å². The molecule has 0 unspecified atom stereocenters. The lowest BCUT2D eigenvalue weighted by molar-refractivity contribution is 0.1000. The second-order valence-corrected chi connectivity index (χ2v) is 5.34. The summed E-state index contributed by atoms with van der Waals surface area (Å²) in [5, 5.41) is 7.09. The van der Waals surface area contributed by atoms with Crippen molar-refractivity contribution >= 4 is 47.4 Å². The molecule has 4 N–H and O–H groups in total. The number of hydrogen-bond acceptors (Lipinski definition) is 2. The summed E-state index contributed by atoms with van der Waals surface area (Å²) in [6.07, 6.45) is 0. The van der Waals surface area contributed by atoms with Crippen LogP contribution in [0.4, 0.5) is 0 Å². The number of halogens is 2. The van der Waals surface area contributed by atoms with E-state index >= 15 is 0 Å². The van der Waals surface area contributed by atoms with Crippen LogP contribution in [0.1, 0.15) is 21.5 Å². The number of benzene rings is 2. The molecular formula is C17H20ClIN4O. The third-order valence-electron chi connectivity index (χ3n) is 3.30. The van der Waals surface area contributed by atoms with Gasteiger partial charge in [-0.2, -0.15) is 0 Å². The number of carbonyl (C=O) groups is 1. The molecule has 7 heteroatoms. The van der Waals surface area contributed by atoms with Gasteiger partial charge < -0.3 is 16.4 Å². The average molecular weight is 459 g/mol. The van der Waals surface area contributed by atoms with Crippen molar-refractivity contribution in [1.29, 1.82) is 0 Å². The van der Waals surface area contributed by atoms with E-state index in [1.54, 1.807) is 25.2 Å². The summed E-state index contributed by atoms with van der Waals surface area (Å²) >= 11 is 6.13. The van der Waals surface area contributed by atoms with Gasteiger partial charge in [-0.15, -0.1) is 24.0 Å². The zero-order valence-electron chi connectivity index (χ0n) is 13.3. The Balaban J connectivity index is 0.00000288. The SMILES string of the molecule is CN=C(NCc1cccc(C(N)=O)c1)NCc1ccccc1Cl.I. The highest BCUT2D eigenvalue weighted by atomic mass is 127. The second-order valence-electron chi connectivity index (χ2n) is 4.94. The Morgan fingerprint density at radius 2 is 1.83 bits per heavy atom. The molecule has 0 saturated carbocycles. The van der Waals surface area contributed by atoms with Crippen molar-refractivity contribution in [3.63, 3.8) is 0 Å². The van der Waals surface area contributed by atoms with Crippen LogP contribution in [0.25, 0.3) is 0 Å². The molecule has 5 nitrogen and oxygen atoms in total. The summed E-state index contributed by atoms with van der Waals surface area (Å²) in [5.74, 6) is 0.211. The number of primary amides is 1. The first kappa shape index (κ1) is 20.2. The van der Waals surface area contributed by atoms with Crippen molar-refractivity contribution in [2.45, 2.75) is 13.1 Å². The smallest absolute Gasteiger partial charge is 0.248 e. The molecule has 0 aliphatic carbocycles. The van der Waals surface area contributed by atoms with E-state index in [9.17, 15) is 4.79 Å². The first-order valence-electron chi connectivity index (χ1n) is 7.17. The maximum Gasteiger partial charge on any atom is 0.248 e. The lowest BCUT2D eigenvalue weighted by atomic mass is 10.1. The fourth-order valence-corrected chi connectivity index (χ4v) is 2.26. The molecule has 0 spiro atoms. The number of nitrogens with zero attached hydrogens (tertiary/aromatic N) is 1. The number of rotatable bonds is 5. The minimum atomic E-state index is -0.437. The first-order valence-corrected chi connectivity index (χ1v) is 7.54. The summed E-state index contributed by atoms with van der Waals surface area (Å²) in [6, 6.07) is 14.8. The Bertz CT molecular complexity index is 721. The summed E-state index contributed by atoms with van der Waals surface area (Å²) in [4.78, 5) is 15.4. The number of nitrogens with two attached hydrogens (primary N) is 1. The van der Waals surface area contributed by atoms with Gasteiger partial charge in [-0.05, 0) is 29.3 Å². The Hall–Kier alpha value is -1.80. The zero-order chi connectivity index (χ0) is 16.7. The molecule has 1 amide bonds. The third kappa shape index (κ3) is 6.01. The van der Waals surface area contributed by atoms with E-state index in [-0.39, 0.29) is 24.0 Å². The van der Waals surface area contributed by atoms with E-state index in [4.69, 9.17) is 17.3 Å². The van der Waals surface area contributed by atoms with Gasteiger partial charge in [0, 0.05) is 30.7 Å². The van der Waals surface area contributed by atoms with Crippen LogP contribution < -0.4 is 16.4 Å². The number of guanidine groups is 1. The van der Waals surface area contributed by atoms with Crippen LogP contribution in [-0.2, 0) is 13.1 Å². The standard InChI is InChI=1S/C17H19ClN4O.HI/c1-20-17(22-11-14-6-2-3-8-15(14)18)21-10-12-5-4-7-13(9-12)16(19)23;/h2-9H,10-11H2,1H3,(H2,19,23)(H2,20,21,22);1H. The van der Waals surface area contributed by atoms with Gasteiger partial charge in [0.1, 0.15) is 0 Å². The summed E-state index contributed by atoms with van der Waals surface area (Å²) in [6.45, 7) is 1.10. The van der Waals surface area contributed by atoms with E-state index in [1.165, 1.54) is 0 Å². The first-order chi connectivity index (χ1) is 11.1. The van der Waals surface area contributed by atoms with E-state index < -0.39 is 5.91 Å². The maximum atomic E-state index is 11.2. The second kappa shape index (κ2) is 10.1. The molecule has 24 heavy (non-hydrogen) atoms. The van der Waals surface area contributed by atoms with Crippen LogP contribution in [0.15, 0.2) is 53.5 Å². The van der Waals surface area contributed by atoms with Gasteiger partial charge >= 0.3 is 0 Å². The van der Waals surface area contributed by atoms with Crippen molar-refractivity contribution in [3.8, 4) is 0 Å². The maximum absolute atomic E-state index is 11.2. The third-order valence-corrected chi connectivity index (χ3v) is 3.67. The van der Waals surface area contributed by atoms with Crippen LogP contribution >= 0.6 is 35.6 Å². The van der Waals surface area contributed by atoms with E-state index in [1.807, 2.05) is 30.3 Å². The van der Waals surface area contributed by atoms with Crippen LogP contribution in [0, 0.1) is 0 Å².